The van der Waals surface area contributed by atoms with Crippen molar-refractivity contribution in [2.45, 2.75) is 36.6 Å². The third-order valence-electron chi connectivity index (χ3n) is 5.16. The fourth-order valence-electron chi connectivity index (χ4n) is 3.28. The molecule has 1 heterocycles. The van der Waals surface area contributed by atoms with Crippen molar-refractivity contribution in [2.24, 2.45) is 5.92 Å². The first-order valence-corrected chi connectivity index (χ1v) is 11.1. The van der Waals surface area contributed by atoms with E-state index in [4.69, 9.17) is 4.74 Å². The van der Waals surface area contributed by atoms with Crippen molar-refractivity contribution < 1.29 is 17.9 Å². The van der Waals surface area contributed by atoms with Gasteiger partial charge in [-0.25, -0.2) is 13.1 Å². The molecule has 0 bridgehead atoms. The number of benzene rings is 1. The largest absolute Gasteiger partial charge is 0.383 e. The first-order valence-electron chi connectivity index (χ1n) is 9.61. The predicted octanol–water partition coefficient (Wildman–Crippen LogP) is 1.64. The molecule has 2 fully saturated rings. The van der Waals surface area contributed by atoms with E-state index in [9.17, 15) is 13.2 Å². The van der Waals surface area contributed by atoms with Crippen molar-refractivity contribution in [1.82, 2.24) is 14.9 Å². The maximum atomic E-state index is 12.8. The molecule has 158 valence electrons. The zero-order valence-electron chi connectivity index (χ0n) is 16.2. The van der Waals surface area contributed by atoms with E-state index in [1.54, 1.807) is 12.1 Å². The van der Waals surface area contributed by atoms with Crippen molar-refractivity contribution in [3.8, 4) is 0 Å². The molecule has 1 saturated carbocycles. The number of amides is 1. The lowest BCUT2D eigenvalue weighted by Gasteiger charge is -2.32. The maximum Gasteiger partial charge on any atom is 0.253 e. The number of sulfonamides is 1. The lowest BCUT2D eigenvalue weighted by Crippen LogP contribution is -2.45. The van der Waals surface area contributed by atoms with Gasteiger partial charge in [0.2, 0.25) is 10.0 Å². The molecule has 0 unspecified atom stereocenters. The van der Waals surface area contributed by atoms with E-state index in [0.29, 0.717) is 31.3 Å². The highest BCUT2D eigenvalue weighted by atomic mass is 35.5. The van der Waals surface area contributed by atoms with Gasteiger partial charge in [0.25, 0.3) is 5.91 Å². The Morgan fingerprint density at radius 3 is 2.57 bits per heavy atom. The summed E-state index contributed by atoms with van der Waals surface area (Å²) in [5, 5.41) is 3.60. The van der Waals surface area contributed by atoms with Gasteiger partial charge in [0.1, 0.15) is 0 Å². The lowest BCUT2D eigenvalue weighted by molar-refractivity contribution is 0.0704. The first-order chi connectivity index (χ1) is 13.0. The van der Waals surface area contributed by atoms with Crippen molar-refractivity contribution in [2.75, 3.05) is 39.9 Å². The molecule has 2 N–H and O–H groups in total. The summed E-state index contributed by atoms with van der Waals surface area (Å²) in [6.45, 7) is 2.98. The van der Waals surface area contributed by atoms with Crippen LogP contribution >= 0.6 is 12.4 Å². The first kappa shape index (κ1) is 23.1. The van der Waals surface area contributed by atoms with E-state index in [0.717, 1.165) is 25.3 Å². The Bertz CT molecular complexity index is 747. The normalized spacial score (nSPS) is 18.0. The second kappa shape index (κ2) is 10.5. The Morgan fingerprint density at radius 2 is 1.93 bits per heavy atom. The SMILES string of the molecule is COCCNS(=O)(=O)c1cccc(C(=O)N2CCC(NCC3CC3)CC2)c1.Cl. The Labute approximate surface area is 173 Å². The van der Waals surface area contributed by atoms with Gasteiger partial charge >= 0.3 is 0 Å². The molecule has 1 aliphatic carbocycles. The predicted molar refractivity (Wildman–Crippen MR) is 110 cm³/mol. The number of carbonyl (C=O) groups excluding carboxylic acids is 1. The number of piperidine rings is 1. The maximum absolute atomic E-state index is 12.8. The second-order valence-electron chi connectivity index (χ2n) is 7.34. The monoisotopic (exact) mass is 431 g/mol. The Kier molecular flexibility index (Phi) is 8.70. The molecule has 1 aromatic carbocycles. The zero-order valence-corrected chi connectivity index (χ0v) is 17.9. The molecule has 3 rings (SSSR count). The molecule has 1 aromatic rings. The van der Waals surface area contributed by atoms with Crippen molar-refractivity contribution in [3.63, 3.8) is 0 Å². The molecule has 9 heteroatoms. The van der Waals surface area contributed by atoms with Gasteiger partial charge in [-0.1, -0.05) is 6.07 Å². The molecule has 0 aromatic heterocycles. The molecule has 0 spiro atoms. The number of carbonyl (C=O) groups is 1. The zero-order chi connectivity index (χ0) is 19.3. The van der Waals surface area contributed by atoms with Gasteiger partial charge in [-0.3, -0.25) is 4.79 Å². The smallest absolute Gasteiger partial charge is 0.253 e. The minimum atomic E-state index is -3.65. The molecule has 7 nitrogen and oxygen atoms in total. The van der Waals surface area contributed by atoms with Crippen LogP contribution in [0.2, 0.25) is 0 Å². The topological polar surface area (TPSA) is 87.7 Å². The molecule has 0 radical (unpaired) electrons. The number of hydrogen-bond acceptors (Lipinski definition) is 5. The Balaban J connectivity index is 0.00000280. The van der Waals surface area contributed by atoms with Crippen LogP contribution in [0.5, 0.6) is 0 Å². The summed E-state index contributed by atoms with van der Waals surface area (Å²) in [5.74, 6) is 0.747. The van der Waals surface area contributed by atoms with E-state index in [1.165, 1.54) is 32.1 Å². The number of methoxy groups -OCH3 is 1. The Morgan fingerprint density at radius 1 is 1.21 bits per heavy atom. The fourth-order valence-corrected chi connectivity index (χ4v) is 4.34. The van der Waals surface area contributed by atoms with Gasteiger partial charge in [-0.2, -0.15) is 0 Å². The van der Waals surface area contributed by atoms with Crippen LogP contribution in [-0.2, 0) is 14.8 Å². The molecule has 0 atom stereocenters. The summed E-state index contributed by atoms with van der Waals surface area (Å²) >= 11 is 0. The van der Waals surface area contributed by atoms with E-state index in [1.807, 2.05) is 4.90 Å². The van der Waals surface area contributed by atoms with Crippen molar-refractivity contribution in [1.29, 1.82) is 0 Å². The highest BCUT2D eigenvalue weighted by Crippen LogP contribution is 2.28. The third-order valence-corrected chi connectivity index (χ3v) is 6.62. The molecule has 2 aliphatic rings. The Hall–Kier alpha value is -1.19. The van der Waals surface area contributed by atoms with Crippen LogP contribution in [0.15, 0.2) is 29.2 Å². The molecular weight excluding hydrogens is 402 g/mol. The summed E-state index contributed by atoms with van der Waals surface area (Å²) in [6, 6.07) is 6.72. The van der Waals surface area contributed by atoms with Gasteiger partial charge in [-0.05, 0) is 56.3 Å². The number of nitrogens with one attached hydrogen (secondary N) is 2. The van der Waals surface area contributed by atoms with Crippen molar-refractivity contribution in [3.05, 3.63) is 29.8 Å². The number of halogens is 1. The number of rotatable bonds is 9. The minimum absolute atomic E-state index is 0. The van der Waals surface area contributed by atoms with Crippen LogP contribution in [0, 0.1) is 5.92 Å². The van der Waals surface area contributed by atoms with Gasteiger partial charge in [0.05, 0.1) is 11.5 Å². The van der Waals surface area contributed by atoms with E-state index >= 15 is 0 Å². The van der Waals surface area contributed by atoms with Crippen LogP contribution in [0.1, 0.15) is 36.0 Å². The van der Waals surface area contributed by atoms with Crippen LogP contribution in [0.25, 0.3) is 0 Å². The average molecular weight is 432 g/mol. The molecule has 28 heavy (non-hydrogen) atoms. The number of nitrogens with zero attached hydrogens (tertiary/aromatic N) is 1. The molecule has 1 aliphatic heterocycles. The summed E-state index contributed by atoms with van der Waals surface area (Å²) in [4.78, 5) is 14.7. The highest BCUT2D eigenvalue weighted by molar-refractivity contribution is 7.89. The summed E-state index contributed by atoms with van der Waals surface area (Å²) in [5.41, 5.74) is 0.411. The lowest BCUT2D eigenvalue weighted by atomic mass is 10.0. The quantitative estimate of drug-likeness (QED) is 0.580. The van der Waals surface area contributed by atoms with Crippen LogP contribution in [0.4, 0.5) is 0 Å². The number of ether oxygens (including phenoxy) is 1. The molecule has 1 amide bonds. The summed E-state index contributed by atoms with van der Waals surface area (Å²) in [7, 11) is -2.14. The number of hydrogen-bond donors (Lipinski definition) is 2. The van der Waals surface area contributed by atoms with E-state index in [2.05, 4.69) is 10.0 Å². The second-order valence-corrected chi connectivity index (χ2v) is 9.10. The average Bonchev–Trinajstić information content (AvgIpc) is 3.51. The van der Waals surface area contributed by atoms with Gasteiger partial charge in [0.15, 0.2) is 0 Å². The molecular formula is C19H30ClN3O4S. The summed E-state index contributed by atoms with van der Waals surface area (Å²) < 4.78 is 32.0. The fraction of sp³-hybridized carbons (Fsp3) is 0.632. The third kappa shape index (κ3) is 6.42. The van der Waals surface area contributed by atoms with Crippen LogP contribution in [0.3, 0.4) is 0 Å². The van der Waals surface area contributed by atoms with Crippen LogP contribution in [-0.4, -0.2) is 65.2 Å². The summed E-state index contributed by atoms with van der Waals surface area (Å²) in [6.07, 6.45) is 4.55. The standard InChI is InChI=1S/C19H29N3O4S.ClH/c1-26-12-9-21-27(24,25)18-4-2-3-16(13-18)19(23)22-10-7-17(8-11-22)20-14-15-5-6-15;/h2-4,13,15,17,20-21H,5-12,14H2,1H3;1H. The van der Waals surface area contributed by atoms with E-state index < -0.39 is 10.0 Å². The van der Waals surface area contributed by atoms with E-state index in [-0.39, 0.29) is 29.8 Å². The van der Waals surface area contributed by atoms with Crippen molar-refractivity contribution >= 4 is 28.3 Å². The van der Waals surface area contributed by atoms with Gasteiger partial charge in [-0.15, -0.1) is 12.4 Å². The van der Waals surface area contributed by atoms with Crippen LogP contribution < -0.4 is 10.0 Å². The van der Waals surface area contributed by atoms with Gasteiger partial charge in [0, 0.05) is 38.3 Å². The number of likely N-dealkylation sites (tertiary alicyclic amines) is 1. The minimum Gasteiger partial charge on any atom is -0.383 e. The van der Waals surface area contributed by atoms with Gasteiger partial charge < -0.3 is 15.0 Å². The highest BCUT2D eigenvalue weighted by Gasteiger charge is 2.27. The molecule has 1 saturated heterocycles.